The molecule has 0 bridgehead atoms. The van der Waals surface area contributed by atoms with E-state index >= 15 is 0 Å². The molecule has 0 spiro atoms. The van der Waals surface area contributed by atoms with Gasteiger partial charge in [-0.2, -0.15) is 0 Å². The molecule has 34 heavy (non-hydrogen) atoms. The first kappa shape index (κ1) is 26.0. The van der Waals surface area contributed by atoms with Crippen LogP contribution in [0, 0.1) is 0 Å². The Morgan fingerprint density at radius 3 is 2.06 bits per heavy atom. The lowest BCUT2D eigenvalue weighted by Crippen LogP contribution is -2.46. The van der Waals surface area contributed by atoms with Crippen molar-refractivity contribution in [2.24, 2.45) is 5.73 Å². The van der Waals surface area contributed by atoms with Crippen LogP contribution < -0.4 is 15.2 Å². The van der Waals surface area contributed by atoms with Crippen molar-refractivity contribution in [3.8, 4) is 28.7 Å². The van der Waals surface area contributed by atoms with E-state index < -0.39 is 11.5 Å². The fourth-order valence-electron chi connectivity index (χ4n) is 3.00. The summed E-state index contributed by atoms with van der Waals surface area (Å²) in [5.41, 5.74) is 5.33. The summed E-state index contributed by atoms with van der Waals surface area (Å²) >= 11 is 0. The molecule has 0 saturated heterocycles. The predicted molar refractivity (Wildman–Crippen MR) is 125 cm³/mol. The van der Waals surface area contributed by atoms with Gasteiger partial charge in [-0.1, -0.05) is 36.4 Å². The molecule has 180 valence electrons. The summed E-state index contributed by atoms with van der Waals surface area (Å²) in [5, 5.41) is 37.0. The van der Waals surface area contributed by atoms with Gasteiger partial charge in [-0.05, 0) is 24.6 Å². The van der Waals surface area contributed by atoms with Crippen LogP contribution in [0.2, 0.25) is 0 Å². The van der Waals surface area contributed by atoms with E-state index in [1.54, 1.807) is 30.3 Å². The Morgan fingerprint density at radius 2 is 1.53 bits per heavy atom. The van der Waals surface area contributed by atoms with Crippen molar-refractivity contribution in [1.29, 1.82) is 0 Å². The Balaban J connectivity index is 0.000000248. The van der Waals surface area contributed by atoms with Crippen molar-refractivity contribution in [3.63, 3.8) is 0 Å². The minimum Gasteiger partial charge on any atom is -0.507 e. The Labute approximate surface area is 196 Å². The number of ether oxygens (including phenoxy) is 2. The van der Waals surface area contributed by atoms with Crippen LogP contribution in [0.3, 0.4) is 0 Å². The first-order valence-electron chi connectivity index (χ1n) is 10.1. The van der Waals surface area contributed by atoms with Gasteiger partial charge >= 0.3 is 5.97 Å². The predicted octanol–water partition coefficient (Wildman–Crippen LogP) is 3.08. The lowest BCUT2D eigenvalue weighted by molar-refractivity contribution is -0.142. The Hall–Kier alpha value is -4.24. The average Bonchev–Trinajstić information content (AvgIpc) is 2.81. The molecule has 3 aromatic rings. The molecular weight excluding hydrogens is 442 g/mol. The van der Waals surface area contributed by atoms with Crippen LogP contribution in [0.4, 0.5) is 0 Å². The van der Waals surface area contributed by atoms with Gasteiger partial charge in [0.05, 0.1) is 14.2 Å². The summed E-state index contributed by atoms with van der Waals surface area (Å²) in [6, 6.07) is 15.8. The number of ketones is 1. The number of carbonyl (C=O) groups excluding carboxylic acids is 1. The Bertz CT molecular complexity index is 1160. The highest BCUT2D eigenvalue weighted by atomic mass is 16.5. The molecule has 9 nitrogen and oxygen atoms in total. The monoisotopic (exact) mass is 469 g/mol. The zero-order chi connectivity index (χ0) is 25.5. The van der Waals surface area contributed by atoms with Crippen molar-refractivity contribution in [3.05, 3.63) is 77.4 Å². The highest BCUT2D eigenvalue weighted by Gasteiger charge is 2.28. The molecule has 3 aromatic carbocycles. The second kappa shape index (κ2) is 11.1. The molecule has 0 saturated carbocycles. The average molecular weight is 469 g/mol. The number of hydrogen-bond donors (Lipinski definition) is 5. The molecule has 1 unspecified atom stereocenters. The van der Waals surface area contributed by atoms with Gasteiger partial charge in [0, 0.05) is 24.1 Å². The van der Waals surface area contributed by atoms with E-state index in [-0.39, 0.29) is 40.8 Å². The molecule has 0 radical (unpaired) electrons. The number of aliphatic carboxylic acids is 1. The van der Waals surface area contributed by atoms with Crippen LogP contribution in [0.15, 0.2) is 60.7 Å². The number of aromatic hydroxyl groups is 3. The van der Waals surface area contributed by atoms with Crippen LogP contribution in [0.5, 0.6) is 28.7 Å². The molecule has 9 heteroatoms. The third-order valence-corrected chi connectivity index (χ3v) is 4.87. The zero-order valence-electron chi connectivity index (χ0n) is 19.0. The van der Waals surface area contributed by atoms with Gasteiger partial charge in [-0.3, -0.25) is 9.59 Å². The van der Waals surface area contributed by atoms with Gasteiger partial charge in [0.15, 0.2) is 11.5 Å². The molecule has 0 aliphatic rings. The van der Waals surface area contributed by atoms with Crippen LogP contribution in [-0.4, -0.2) is 51.9 Å². The summed E-state index contributed by atoms with van der Waals surface area (Å²) in [5.74, 6) is -1.39. The number of rotatable bonds is 7. The highest BCUT2D eigenvalue weighted by molar-refractivity contribution is 6.12. The summed E-state index contributed by atoms with van der Waals surface area (Å²) in [4.78, 5) is 23.1. The van der Waals surface area contributed by atoms with Gasteiger partial charge in [0.1, 0.15) is 28.4 Å². The number of carbonyl (C=O) groups is 2. The second-order valence-electron chi connectivity index (χ2n) is 7.64. The van der Waals surface area contributed by atoms with Crippen molar-refractivity contribution in [2.45, 2.75) is 18.9 Å². The number of nitrogens with two attached hydrogens (primary N) is 1. The van der Waals surface area contributed by atoms with Crippen LogP contribution >= 0.6 is 0 Å². The normalized spacial score (nSPS) is 12.0. The van der Waals surface area contributed by atoms with Crippen LogP contribution in [-0.2, 0) is 11.2 Å². The number of carboxylic acid groups (broad SMARTS) is 1. The minimum atomic E-state index is -1.39. The maximum atomic E-state index is 12.4. The molecule has 3 rings (SSSR count). The van der Waals surface area contributed by atoms with Gasteiger partial charge in [0.2, 0.25) is 5.78 Å². The number of methoxy groups -OCH3 is 2. The van der Waals surface area contributed by atoms with Crippen molar-refractivity contribution < 1.29 is 39.5 Å². The van der Waals surface area contributed by atoms with Gasteiger partial charge in [0.25, 0.3) is 0 Å². The van der Waals surface area contributed by atoms with Gasteiger partial charge < -0.3 is 35.6 Å². The van der Waals surface area contributed by atoms with E-state index in [2.05, 4.69) is 0 Å². The quantitative estimate of drug-likeness (QED) is 0.259. The standard InChI is InChI=1S/C15H14O4.C10H13NO4/c1-18-11-8-12(16)14(13(9-11)19-2)15(17)10-6-4-3-5-7-10;1-10(11,9(14)15)5-6-2-3-7(12)8(13)4-6/h3-9,16H,1-2H3;2-4,12-13H,5,11H2,1H3,(H,14,15). The molecule has 0 aliphatic carbocycles. The number of phenols is 3. The molecule has 0 aromatic heterocycles. The molecule has 0 fully saturated rings. The lowest BCUT2D eigenvalue weighted by Gasteiger charge is -2.19. The molecule has 0 amide bonds. The van der Waals surface area contributed by atoms with E-state index in [1.807, 2.05) is 6.07 Å². The van der Waals surface area contributed by atoms with Crippen molar-refractivity contribution >= 4 is 11.8 Å². The molecule has 0 heterocycles. The van der Waals surface area contributed by atoms with E-state index in [9.17, 15) is 19.8 Å². The zero-order valence-corrected chi connectivity index (χ0v) is 19.0. The molecular formula is C25H27NO8. The fourth-order valence-corrected chi connectivity index (χ4v) is 3.00. The topological polar surface area (TPSA) is 160 Å². The highest BCUT2D eigenvalue weighted by Crippen LogP contribution is 2.34. The van der Waals surface area contributed by atoms with Gasteiger partial charge in [-0.15, -0.1) is 0 Å². The Kier molecular flexibility index (Phi) is 8.46. The van der Waals surface area contributed by atoms with E-state index in [0.717, 1.165) is 0 Å². The lowest BCUT2D eigenvalue weighted by atomic mass is 9.94. The summed E-state index contributed by atoms with van der Waals surface area (Å²) < 4.78 is 10.2. The summed E-state index contributed by atoms with van der Waals surface area (Å²) in [6.45, 7) is 1.39. The first-order valence-corrected chi connectivity index (χ1v) is 10.1. The maximum Gasteiger partial charge on any atom is 0.323 e. The molecule has 6 N–H and O–H groups in total. The minimum absolute atomic E-state index is 0.0795. The first-order chi connectivity index (χ1) is 16.0. The number of hydrogen-bond acceptors (Lipinski definition) is 8. The third-order valence-electron chi connectivity index (χ3n) is 4.87. The number of carboxylic acids is 1. The largest absolute Gasteiger partial charge is 0.507 e. The SMILES string of the molecule is CC(N)(Cc1ccc(O)c(O)c1)C(=O)O.COc1cc(O)c(C(=O)c2ccccc2)c(OC)c1. The van der Waals surface area contributed by atoms with Crippen LogP contribution in [0.1, 0.15) is 28.4 Å². The Morgan fingerprint density at radius 1 is 0.882 bits per heavy atom. The molecule has 1 atom stereocenters. The van der Waals surface area contributed by atoms with Crippen molar-refractivity contribution in [1.82, 2.24) is 0 Å². The van der Waals surface area contributed by atoms with Crippen LogP contribution in [0.25, 0.3) is 0 Å². The maximum absolute atomic E-state index is 12.4. The number of benzene rings is 3. The molecule has 0 aliphatic heterocycles. The number of phenolic OH excluding ortho intramolecular Hbond substituents is 3. The van der Waals surface area contributed by atoms with E-state index in [0.29, 0.717) is 16.9 Å². The van der Waals surface area contributed by atoms with E-state index in [4.69, 9.17) is 25.4 Å². The smallest absolute Gasteiger partial charge is 0.323 e. The third kappa shape index (κ3) is 6.39. The summed E-state index contributed by atoms with van der Waals surface area (Å²) in [7, 11) is 2.92. The van der Waals surface area contributed by atoms with Crippen molar-refractivity contribution in [2.75, 3.05) is 14.2 Å². The van der Waals surface area contributed by atoms with E-state index in [1.165, 1.54) is 45.4 Å². The van der Waals surface area contributed by atoms with Gasteiger partial charge in [-0.25, -0.2) is 0 Å². The fraction of sp³-hybridized carbons (Fsp3) is 0.200. The second-order valence-corrected chi connectivity index (χ2v) is 7.64. The summed E-state index contributed by atoms with van der Waals surface area (Å²) in [6.07, 6.45) is 0.0795.